The Labute approximate surface area is 132 Å². The lowest BCUT2D eigenvalue weighted by atomic mass is 10.2. The number of nitrogens with one attached hydrogen (secondary N) is 2. The number of rotatable bonds is 7. The molecule has 0 aliphatic carbocycles. The molecule has 0 saturated carbocycles. The zero-order chi connectivity index (χ0) is 15.9. The molecule has 1 amide bonds. The highest BCUT2D eigenvalue weighted by Crippen LogP contribution is 2.30. The van der Waals surface area contributed by atoms with Gasteiger partial charge in [-0.1, -0.05) is 0 Å². The predicted octanol–water partition coefficient (Wildman–Crippen LogP) is 1.20. The lowest BCUT2D eigenvalue weighted by molar-refractivity contribution is -0.137. The minimum absolute atomic E-state index is 0. The van der Waals surface area contributed by atoms with Crippen LogP contribution < -0.4 is 15.4 Å². The normalized spacial score (nSPS) is 12.2. The molecule has 1 rings (SSSR count). The molecule has 1 atom stereocenters. The second kappa shape index (κ2) is 9.50. The lowest BCUT2D eigenvalue weighted by Gasteiger charge is -2.14. The van der Waals surface area contributed by atoms with Crippen molar-refractivity contribution >= 4 is 18.3 Å². The van der Waals surface area contributed by atoms with Gasteiger partial charge in [0.1, 0.15) is 18.5 Å². The fraction of sp³-hybridized carbons (Fsp3) is 0.462. The Balaban J connectivity index is 0.00000441. The number of aliphatic hydroxyl groups is 1. The maximum atomic E-state index is 12.3. The first-order valence-electron chi connectivity index (χ1n) is 6.22. The number of ether oxygens (including phenoxy) is 1. The van der Waals surface area contributed by atoms with Gasteiger partial charge in [0, 0.05) is 6.54 Å². The molecule has 0 bridgehead atoms. The lowest BCUT2D eigenvalue weighted by Crippen LogP contribution is -2.39. The molecule has 1 aromatic carbocycles. The predicted molar refractivity (Wildman–Crippen MR) is 77.1 cm³/mol. The average molecular weight is 343 g/mol. The first-order valence-corrected chi connectivity index (χ1v) is 6.22. The summed E-state index contributed by atoms with van der Waals surface area (Å²) in [5, 5.41) is 14.7. The largest absolute Gasteiger partial charge is 0.491 e. The van der Waals surface area contributed by atoms with E-state index in [1.807, 2.05) is 0 Å². The van der Waals surface area contributed by atoms with Gasteiger partial charge in [0.15, 0.2) is 0 Å². The van der Waals surface area contributed by atoms with E-state index in [9.17, 15) is 23.1 Å². The molecule has 9 heteroatoms. The maximum absolute atomic E-state index is 12.3. The highest BCUT2D eigenvalue weighted by Gasteiger charge is 2.30. The van der Waals surface area contributed by atoms with Crippen LogP contribution in [0.2, 0.25) is 0 Å². The summed E-state index contributed by atoms with van der Waals surface area (Å²) in [5.41, 5.74) is -0.769. The smallest absolute Gasteiger partial charge is 0.416 e. The molecule has 22 heavy (non-hydrogen) atoms. The molecule has 1 unspecified atom stereocenters. The summed E-state index contributed by atoms with van der Waals surface area (Å²) >= 11 is 0. The minimum atomic E-state index is -4.39. The quantitative estimate of drug-likeness (QED) is 0.696. The number of likely N-dealkylation sites (N-methyl/N-ethyl adjacent to an activating group) is 1. The molecule has 0 aromatic heterocycles. The van der Waals surface area contributed by atoms with E-state index >= 15 is 0 Å². The van der Waals surface area contributed by atoms with E-state index in [0.29, 0.717) is 0 Å². The average Bonchev–Trinajstić information content (AvgIpc) is 2.43. The van der Waals surface area contributed by atoms with Crippen molar-refractivity contribution in [1.29, 1.82) is 0 Å². The first-order chi connectivity index (χ1) is 9.82. The molecule has 5 nitrogen and oxygen atoms in total. The minimum Gasteiger partial charge on any atom is -0.491 e. The van der Waals surface area contributed by atoms with E-state index in [-0.39, 0.29) is 43.8 Å². The SMILES string of the molecule is CNCC(=O)NCC(O)COc1ccc(C(F)(F)F)cc1.Cl. The van der Waals surface area contributed by atoms with Gasteiger partial charge in [-0.05, 0) is 31.3 Å². The number of hydrogen-bond acceptors (Lipinski definition) is 4. The third kappa shape index (κ3) is 7.48. The van der Waals surface area contributed by atoms with Crippen LogP contribution in [0.3, 0.4) is 0 Å². The molecular weight excluding hydrogens is 325 g/mol. The number of carbonyl (C=O) groups excluding carboxylic acids is 1. The van der Waals surface area contributed by atoms with Crippen molar-refractivity contribution in [1.82, 2.24) is 10.6 Å². The van der Waals surface area contributed by atoms with Crippen LogP contribution in [0, 0.1) is 0 Å². The van der Waals surface area contributed by atoms with Crippen molar-refractivity contribution in [3.63, 3.8) is 0 Å². The van der Waals surface area contributed by atoms with E-state index in [1.165, 1.54) is 12.1 Å². The summed E-state index contributed by atoms with van der Waals surface area (Å²) in [7, 11) is 1.61. The van der Waals surface area contributed by atoms with Crippen molar-refractivity contribution in [3.8, 4) is 5.75 Å². The number of hydrogen-bond donors (Lipinski definition) is 3. The van der Waals surface area contributed by atoms with Crippen molar-refractivity contribution in [2.75, 3.05) is 26.7 Å². The van der Waals surface area contributed by atoms with Gasteiger partial charge in [-0.15, -0.1) is 12.4 Å². The monoisotopic (exact) mass is 342 g/mol. The molecule has 0 fully saturated rings. The van der Waals surface area contributed by atoms with Gasteiger partial charge >= 0.3 is 6.18 Å². The molecule has 0 heterocycles. The van der Waals surface area contributed by atoms with Gasteiger partial charge < -0.3 is 20.5 Å². The Kier molecular flexibility index (Phi) is 8.84. The zero-order valence-electron chi connectivity index (χ0n) is 11.8. The molecule has 0 aliphatic heterocycles. The molecule has 3 N–H and O–H groups in total. The van der Waals surface area contributed by atoms with Gasteiger partial charge in [-0.2, -0.15) is 13.2 Å². The molecule has 126 valence electrons. The maximum Gasteiger partial charge on any atom is 0.416 e. The summed E-state index contributed by atoms with van der Waals surface area (Å²) in [5.74, 6) is -0.0605. The van der Waals surface area contributed by atoms with Gasteiger partial charge in [-0.3, -0.25) is 4.79 Å². The molecule has 1 aromatic rings. The van der Waals surface area contributed by atoms with Crippen LogP contribution in [-0.4, -0.2) is 43.9 Å². The van der Waals surface area contributed by atoms with Crippen LogP contribution in [0.1, 0.15) is 5.56 Å². The Morgan fingerprint density at radius 1 is 1.32 bits per heavy atom. The molecule has 0 spiro atoms. The van der Waals surface area contributed by atoms with Gasteiger partial charge in [-0.25, -0.2) is 0 Å². The highest BCUT2D eigenvalue weighted by molar-refractivity contribution is 5.85. The standard InChI is InChI=1S/C13H17F3N2O3.ClH/c1-17-7-12(20)18-6-10(19)8-21-11-4-2-9(3-5-11)13(14,15)16;/h2-5,10,17,19H,6-8H2,1H3,(H,18,20);1H. The van der Waals surface area contributed by atoms with Crippen molar-refractivity contribution in [3.05, 3.63) is 29.8 Å². The molecule has 0 saturated heterocycles. The molecule has 0 aliphatic rings. The zero-order valence-corrected chi connectivity index (χ0v) is 12.6. The third-order valence-corrected chi connectivity index (χ3v) is 2.50. The number of amides is 1. The van der Waals surface area contributed by atoms with Crippen LogP contribution in [0.4, 0.5) is 13.2 Å². The van der Waals surface area contributed by atoms with Crippen LogP contribution in [0.15, 0.2) is 24.3 Å². The fourth-order valence-electron chi connectivity index (χ4n) is 1.45. The Bertz CT molecular complexity index is 455. The number of benzene rings is 1. The number of aliphatic hydroxyl groups excluding tert-OH is 1. The van der Waals surface area contributed by atoms with Gasteiger partial charge in [0.25, 0.3) is 0 Å². The van der Waals surface area contributed by atoms with E-state index in [4.69, 9.17) is 4.74 Å². The fourth-order valence-corrected chi connectivity index (χ4v) is 1.45. The summed E-state index contributed by atoms with van der Waals surface area (Å²) in [6, 6.07) is 4.15. The van der Waals surface area contributed by atoms with Gasteiger partial charge in [0.2, 0.25) is 5.91 Å². The molecular formula is C13H18ClF3N2O3. The Morgan fingerprint density at radius 3 is 2.41 bits per heavy atom. The van der Waals surface area contributed by atoms with Crippen molar-refractivity contribution in [2.24, 2.45) is 0 Å². The van der Waals surface area contributed by atoms with E-state index < -0.39 is 17.8 Å². The number of halogens is 4. The van der Waals surface area contributed by atoms with Gasteiger partial charge in [0.05, 0.1) is 12.1 Å². The number of carbonyl (C=O) groups is 1. The van der Waals surface area contributed by atoms with E-state index in [0.717, 1.165) is 12.1 Å². The summed E-state index contributed by atoms with van der Waals surface area (Å²) < 4.78 is 42.2. The molecule has 0 radical (unpaired) electrons. The summed E-state index contributed by atoms with van der Waals surface area (Å²) in [6.07, 6.45) is -5.34. The van der Waals surface area contributed by atoms with Crippen LogP contribution >= 0.6 is 12.4 Å². The van der Waals surface area contributed by atoms with Crippen LogP contribution in [-0.2, 0) is 11.0 Å². The van der Waals surface area contributed by atoms with Crippen LogP contribution in [0.25, 0.3) is 0 Å². The van der Waals surface area contributed by atoms with Crippen molar-refractivity contribution < 1.29 is 27.8 Å². The van der Waals surface area contributed by atoms with Crippen molar-refractivity contribution in [2.45, 2.75) is 12.3 Å². The first kappa shape index (κ1) is 20.5. The topological polar surface area (TPSA) is 70.6 Å². The summed E-state index contributed by atoms with van der Waals surface area (Å²) in [4.78, 5) is 11.1. The van der Waals surface area contributed by atoms with Crippen LogP contribution in [0.5, 0.6) is 5.75 Å². The van der Waals surface area contributed by atoms with E-state index in [2.05, 4.69) is 10.6 Å². The Hall–Kier alpha value is -1.51. The Morgan fingerprint density at radius 2 is 1.91 bits per heavy atom. The van der Waals surface area contributed by atoms with E-state index in [1.54, 1.807) is 7.05 Å². The second-order valence-corrected chi connectivity index (χ2v) is 4.32. The number of alkyl halides is 3. The second-order valence-electron chi connectivity index (χ2n) is 4.32. The third-order valence-electron chi connectivity index (χ3n) is 2.50. The highest BCUT2D eigenvalue weighted by atomic mass is 35.5. The summed E-state index contributed by atoms with van der Waals surface area (Å²) in [6.45, 7) is -0.00116.